The maximum absolute atomic E-state index is 13.3. The van der Waals surface area contributed by atoms with Gasteiger partial charge in [0.2, 0.25) is 0 Å². The Bertz CT molecular complexity index is 768. The highest BCUT2D eigenvalue weighted by molar-refractivity contribution is 14.1. The number of para-hydroxylation sites is 1. The molecule has 4 nitrogen and oxygen atoms in total. The van der Waals surface area contributed by atoms with Gasteiger partial charge in [-0.1, -0.05) is 17.7 Å². The zero-order chi connectivity index (χ0) is 14.9. The summed E-state index contributed by atoms with van der Waals surface area (Å²) in [4.78, 5) is -0.327. The average molecular weight is 427 g/mol. The van der Waals surface area contributed by atoms with Crippen LogP contribution in [0.4, 0.5) is 15.8 Å². The molecule has 0 fully saturated rings. The van der Waals surface area contributed by atoms with Crippen LogP contribution in [0.3, 0.4) is 0 Å². The Morgan fingerprint density at radius 1 is 1.25 bits per heavy atom. The van der Waals surface area contributed by atoms with E-state index in [0.717, 1.165) is 9.64 Å². The average Bonchev–Trinajstić information content (AvgIpc) is 2.36. The summed E-state index contributed by atoms with van der Waals surface area (Å²) >= 11 is 8.01. The molecule has 0 spiro atoms. The van der Waals surface area contributed by atoms with Crippen LogP contribution in [0.25, 0.3) is 0 Å². The second-order valence-electron chi connectivity index (χ2n) is 3.88. The third kappa shape index (κ3) is 3.15. The van der Waals surface area contributed by atoms with Gasteiger partial charge in [-0.05, 0) is 52.9 Å². The number of nitrogen functional groups attached to an aromatic ring is 1. The second-order valence-corrected chi connectivity index (χ2v) is 7.18. The predicted octanol–water partition coefficient (Wildman–Crippen LogP) is 3.47. The zero-order valence-electron chi connectivity index (χ0n) is 9.90. The summed E-state index contributed by atoms with van der Waals surface area (Å²) in [6, 6.07) is 8.41. The fraction of sp³-hybridized carbons (Fsp3) is 0. The number of nitrogens with two attached hydrogens (primary N) is 1. The minimum Gasteiger partial charge on any atom is -0.395 e. The summed E-state index contributed by atoms with van der Waals surface area (Å²) in [5.41, 5.74) is 5.23. The third-order valence-corrected chi connectivity index (χ3v) is 4.89. The Kier molecular flexibility index (Phi) is 4.40. The molecule has 2 aromatic carbocycles. The SMILES string of the molecule is Nc1c(F)cccc1S(=O)(=O)Nc1ccc(I)cc1Cl. The first-order valence-corrected chi connectivity index (χ1v) is 8.27. The number of benzene rings is 2. The van der Waals surface area contributed by atoms with Crippen molar-refractivity contribution >= 4 is 55.6 Å². The Balaban J connectivity index is 2.44. The van der Waals surface area contributed by atoms with Gasteiger partial charge in [-0.3, -0.25) is 4.72 Å². The Labute approximate surface area is 134 Å². The molecule has 0 aliphatic rings. The fourth-order valence-corrected chi connectivity index (χ4v) is 3.70. The van der Waals surface area contributed by atoms with Crippen molar-refractivity contribution in [3.8, 4) is 0 Å². The summed E-state index contributed by atoms with van der Waals surface area (Å²) in [7, 11) is -4.00. The van der Waals surface area contributed by atoms with E-state index in [9.17, 15) is 12.8 Å². The molecule has 0 saturated heterocycles. The van der Waals surface area contributed by atoms with Gasteiger partial charge in [-0.25, -0.2) is 12.8 Å². The Hall–Kier alpha value is -1.06. The molecule has 106 valence electrons. The Morgan fingerprint density at radius 2 is 1.95 bits per heavy atom. The molecule has 0 amide bonds. The van der Waals surface area contributed by atoms with E-state index in [1.165, 1.54) is 18.2 Å². The molecular formula is C12H9ClFIN2O2S. The lowest BCUT2D eigenvalue weighted by Gasteiger charge is -2.11. The van der Waals surface area contributed by atoms with Gasteiger partial charge in [0.05, 0.1) is 16.4 Å². The molecule has 3 N–H and O–H groups in total. The van der Waals surface area contributed by atoms with E-state index in [1.54, 1.807) is 12.1 Å². The molecule has 0 atom stereocenters. The van der Waals surface area contributed by atoms with Crippen molar-refractivity contribution in [3.63, 3.8) is 0 Å². The molecule has 0 aliphatic heterocycles. The molecule has 0 saturated carbocycles. The van der Waals surface area contributed by atoms with E-state index in [2.05, 4.69) is 4.72 Å². The summed E-state index contributed by atoms with van der Waals surface area (Å²) in [6.07, 6.45) is 0. The van der Waals surface area contributed by atoms with E-state index in [4.69, 9.17) is 17.3 Å². The molecule has 0 bridgehead atoms. The highest BCUT2D eigenvalue weighted by Gasteiger charge is 2.20. The molecule has 2 rings (SSSR count). The van der Waals surface area contributed by atoms with E-state index in [0.29, 0.717) is 0 Å². The normalized spacial score (nSPS) is 11.3. The fourth-order valence-electron chi connectivity index (χ4n) is 1.52. The monoisotopic (exact) mass is 426 g/mol. The quantitative estimate of drug-likeness (QED) is 0.583. The topological polar surface area (TPSA) is 72.2 Å². The molecular weight excluding hydrogens is 418 g/mol. The van der Waals surface area contributed by atoms with Gasteiger partial charge in [0.25, 0.3) is 10.0 Å². The van der Waals surface area contributed by atoms with Crippen LogP contribution in [-0.4, -0.2) is 8.42 Å². The standard InChI is InChI=1S/C12H9ClFIN2O2S/c13-8-6-7(15)4-5-10(8)17-20(18,19)11-3-1-2-9(14)12(11)16/h1-6,17H,16H2. The molecule has 0 aromatic heterocycles. The summed E-state index contributed by atoms with van der Waals surface area (Å²) in [6.45, 7) is 0. The lowest BCUT2D eigenvalue weighted by Crippen LogP contribution is -2.15. The number of nitrogens with one attached hydrogen (secondary N) is 1. The van der Waals surface area contributed by atoms with Crippen LogP contribution in [0.15, 0.2) is 41.3 Å². The maximum Gasteiger partial charge on any atom is 0.264 e. The highest BCUT2D eigenvalue weighted by atomic mass is 127. The first kappa shape index (κ1) is 15.3. The number of sulfonamides is 1. The first-order chi connectivity index (χ1) is 9.31. The second kappa shape index (κ2) is 5.74. The van der Waals surface area contributed by atoms with Crippen LogP contribution in [0.2, 0.25) is 5.02 Å². The van der Waals surface area contributed by atoms with Crippen LogP contribution in [0.1, 0.15) is 0 Å². The van der Waals surface area contributed by atoms with E-state index in [1.807, 2.05) is 22.6 Å². The number of rotatable bonds is 3. The van der Waals surface area contributed by atoms with Crippen LogP contribution in [-0.2, 0) is 10.0 Å². The molecule has 2 aromatic rings. The van der Waals surface area contributed by atoms with Crippen LogP contribution >= 0.6 is 34.2 Å². The van der Waals surface area contributed by atoms with Gasteiger partial charge in [0.1, 0.15) is 10.7 Å². The van der Waals surface area contributed by atoms with E-state index < -0.39 is 21.5 Å². The molecule has 0 radical (unpaired) electrons. The van der Waals surface area contributed by atoms with Crippen molar-refractivity contribution in [2.45, 2.75) is 4.90 Å². The lowest BCUT2D eigenvalue weighted by atomic mass is 10.3. The van der Waals surface area contributed by atoms with Crippen molar-refractivity contribution in [3.05, 3.63) is 50.8 Å². The Morgan fingerprint density at radius 3 is 2.60 bits per heavy atom. The number of anilines is 2. The summed E-state index contributed by atoms with van der Waals surface area (Å²) in [5.74, 6) is -0.790. The van der Waals surface area contributed by atoms with Gasteiger partial charge in [-0.2, -0.15) is 0 Å². The van der Waals surface area contributed by atoms with E-state index >= 15 is 0 Å². The molecule has 0 aliphatic carbocycles. The zero-order valence-corrected chi connectivity index (χ0v) is 13.6. The molecule has 0 unspecified atom stereocenters. The summed E-state index contributed by atoms with van der Waals surface area (Å²) < 4.78 is 40.9. The van der Waals surface area contributed by atoms with Crippen LogP contribution < -0.4 is 10.5 Å². The van der Waals surface area contributed by atoms with Gasteiger partial charge in [0.15, 0.2) is 0 Å². The van der Waals surface area contributed by atoms with Gasteiger partial charge in [0, 0.05) is 3.57 Å². The minimum absolute atomic E-state index is 0.204. The van der Waals surface area contributed by atoms with E-state index in [-0.39, 0.29) is 15.6 Å². The van der Waals surface area contributed by atoms with Gasteiger partial charge in [-0.15, -0.1) is 0 Å². The van der Waals surface area contributed by atoms with Crippen molar-refractivity contribution in [2.75, 3.05) is 10.5 Å². The summed E-state index contributed by atoms with van der Waals surface area (Å²) in [5, 5.41) is 0.246. The molecule has 20 heavy (non-hydrogen) atoms. The number of hydrogen-bond donors (Lipinski definition) is 2. The van der Waals surface area contributed by atoms with Gasteiger partial charge >= 0.3 is 0 Å². The van der Waals surface area contributed by atoms with Crippen molar-refractivity contribution in [1.82, 2.24) is 0 Å². The number of halogens is 3. The maximum atomic E-state index is 13.3. The van der Waals surface area contributed by atoms with Crippen LogP contribution in [0, 0.1) is 9.39 Å². The minimum atomic E-state index is -4.00. The largest absolute Gasteiger partial charge is 0.395 e. The molecule has 0 heterocycles. The van der Waals surface area contributed by atoms with Crippen LogP contribution in [0.5, 0.6) is 0 Å². The first-order valence-electron chi connectivity index (χ1n) is 5.33. The lowest BCUT2D eigenvalue weighted by molar-refractivity contribution is 0.597. The molecule has 8 heteroatoms. The smallest absolute Gasteiger partial charge is 0.264 e. The van der Waals surface area contributed by atoms with Crippen molar-refractivity contribution < 1.29 is 12.8 Å². The predicted molar refractivity (Wildman–Crippen MR) is 85.8 cm³/mol. The third-order valence-electron chi connectivity index (χ3n) is 2.48. The van der Waals surface area contributed by atoms with Crippen molar-refractivity contribution in [2.24, 2.45) is 0 Å². The van der Waals surface area contributed by atoms with Crippen molar-refractivity contribution in [1.29, 1.82) is 0 Å². The number of hydrogen-bond acceptors (Lipinski definition) is 3. The van der Waals surface area contributed by atoms with Gasteiger partial charge < -0.3 is 5.73 Å². The highest BCUT2D eigenvalue weighted by Crippen LogP contribution is 2.28.